The third-order valence-corrected chi connectivity index (χ3v) is 5.65. The largest absolute Gasteiger partial charge is 0.508 e. The maximum Gasteiger partial charge on any atom is 0.421 e. The number of alkyl halides is 3. The number of sulfonamides is 1. The van der Waals surface area contributed by atoms with E-state index in [1.165, 1.54) is 31.3 Å². The summed E-state index contributed by atoms with van der Waals surface area (Å²) in [4.78, 5) is 7.67. The number of nitrogens with one attached hydrogen (secondary N) is 2. The molecule has 0 spiro atoms. The molecule has 1 heterocycles. The molecule has 3 N–H and O–H groups in total. The zero-order chi connectivity index (χ0) is 23.5. The van der Waals surface area contributed by atoms with Crippen molar-refractivity contribution < 1.29 is 26.7 Å². The molecular formula is C20H20F3N5O3S. The van der Waals surface area contributed by atoms with E-state index in [4.69, 9.17) is 0 Å². The Bertz CT molecular complexity index is 1200. The lowest BCUT2D eigenvalue weighted by Gasteiger charge is -2.18. The summed E-state index contributed by atoms with van der Waals surface area (Å²) in [6, 6.07) is 12.2. The summed E-state index contributed by atoms with van der Waals surface area (Å²) in [5, 5.41) is 14.8. The first kappa shape index (κ1) is 23.1. The second kappa shape index (κ2) is 8.91. The van der Waals surface area contributed by atoms with Gasteiger partial charge in [-0.25, -0.2) is 13.4 Å². The second-order valence-electron chi connectivity index (χ2n) is 6.88. The monoisotopic (exact) mass is 467 g/mol. The zero-order valence-electron chi connectivity index (χ0n) is 17.1. The molecule has 0 aliphatic carbocycles. The SMILES string of the molecule is CN(c1cccc(CNc2nc(Nc3ccc(O)cc3)ncc2C(F)(F)F)c1)S(C)(=O)=O. The minimum atomic E-state index is -4.68. The van der Waals surface area contributed by atoms with E-state index in [1.54, 1.807) is 24.3 Å². The van der Waals surface area contributed by atoms with Crippen LogP contribution in [-0.4, -0.2) is 36.8 Å². The van der Waals surface area contributed by atoms with E-state index >= 15 is 0 Å². The standard InChI is InChI=1S/C20H20F3N5O3S/c1-28(32(2,30)31)15-5-3-4-13(10-15)11-24-18-17(20(21,22)23)12-25-19(27-18)26-14-6-8-16(29)9-7-14/h3-10,12,29H,11H2,1-2H3,(H2,24,25,26,27). The summed E-state index contributed by atoms with van der Waals surface area (Å²) < 4.78 is 64.8. The van der Waals surface area contributed by atoms with Crippen LogP contribution in [0, 0.1) is 0 Å². The molecule has 1 aromatic heterocycles. The minimum absolute atomic E-state index is 0.0370. The van der Waals surface area contributed by atoms with Crippen LogP contribution < -0.4 is 14.9 Å². The van der Waals surface area contributed by atoms with Gasteiger partial charge in [0, 0.05) is 25.5 Å². The molecule has 0 aliphatic heterocycles. The van der Waals surface area contributed by atoms with Crippen molar-refractivity contribution in [3.8, 4) is 5.75 Å². The van der Waals surface area contributed by atoms with Crippen LogP contribution in [-0.2, 0) is 22.7 Å². The van der Waals surface area contributed by atoms with E-state index in [0.717, 1.165) is 10.6 Å². The van der Waals surface area contributed by atoms with Gasteiger partial charge >= 0.3 is 6.18 Å². The van der Waals surface area contributed by atoms with Gasteiger partial charge in [-0.15, -0.1) is 0 Å². The number of hydrogen-bond donors (Lipinski definition) is 3. The lowest BCUT2D eigenvalue weighted by molar-refractivity contribution is -0.137. The van der Waals surface area contributed by atoms with Gasteiger partial charge in [-0.1, -0.05) is 12.1 Å². The second-order valence-corrected chi connectivity index (χ2v) is 8.89. The Balaban J connectivity index is 1.85. The maximum atomic E-state index is 13.4. The van der Waals surface area contributed by atoms with Crippen LogP contribution in [0.25, 0.3) is 0 Å². The van der Waals surface area contributed by atoms with Crippen molar-refractivity contribution >= 4 is 33.2 Å². The van der Waals surface area contributed by atoms with Gasteiger partial charge in [-0.2, -0.15) is 18.2 Å². The topological polar surface area (TPSA) is 107 Å². The van der Waals surface area contributed by atoms with E-state index in [-0.39, 0.29) is 18.2 Å². The van der Waals surface area contributed by atoms with Crippen LogP contribution in [0.4, 0.5) is 36.3 Å². The Hall–Kier alpha value is -3.54. The molecule has 0 saturated heterocycles. The van der Waals surface area contributed by atoms with Gasteiger partial charge < -0.3 is 15.7 Å². The maximum absolute atomic E-state index is 13.4. The third-order valence-electron chi connectivity index (χ3n) is 4.45. The predicted molar refractivity (Wildman–Crippen MR) is 115 cm³/mol. The van der Waals surface area contributed by atoms with Gasteiger partial charge in [0.25, 0.3) is 0 Å². The molecular weight excluding hydrogens is 447 g/mol. The van der Waals surface area contributed by atoms with Gasteiger partial charge in [0.1, 0.15) is 17.1 Å². The molecule has 3 aromatic rings. The molecule has 8 nitrogen and oxygen atoms in total. The number of anilines is 4. The number of phenols is 1. The van der Waals surface area contributed by atoms with Crippen molar-refractivity contribution in [1.29, 1.82) is 0 Å². The fourth-order valence-electron chi connectivity index (χ4n) is 2.70. The molecule has 3 rings (SSSR count). The highest BCUT2D eigenvalue weighted by Gasteiger charge is 2.35. The first-order valence-electron chi connectivity index (χ1n) is 9.20. The number of benzene rings is 2. The molecule has 0 aliphatic rings. The number of aromatic nitrogens is 2. The Morgan fingerprint density at radius 1 is 1.12 bits per heavy atom. The van der Waals surface area contributed by atoms with Gasteiger partial charge in [-0.05, 0) is 42.0 Å². The first-order valence-corrected chi connectivity index (χ1v) is 11.1. The quantitative estimate of drug-likeness (QED) is 0.452. The molecule has 32 heavy (non-hydrogen) atoms. The Kier molecular flexibility index (Phi) is 6.44. The van der Waals surface area contributed by atoms with Crippen molar-refractivity contribution in [1.82, 2.24) is 9.97 Å². The molecule has 12 heteroatoms. The number of rotatable bonds is 7. The van der Waals surface area contributed by atoms with Crippen LogP contribution in [0.2, 0.25) is 0 Å². The van der Waals surface area contributed by atoms with E-state index < -0.39 is 27.6 Å². The number of hydrogen-bond acceptors (Lipinski definition) is 7. The summed E-state index contributed by atoms with van der Waals surface area (Å²) >= 11 is 0. The van der Waals surface area contributed by atoms with Crippen LogP contribution in [0.1, 0.15) is 11.1 Å². The summed E-state index contributed by atoms with van der Waals surface area (Å²) in [5.74, 6) is -0.470. The van der Waals surface area contributed by atoms with Gasteiger partial charge in [0.05, 0.1) is 11.9 Å². The smallest absolute Gasteiger partial charge is 0.421 e. The normalized spacial score (nSPS) is 11.8. The third kappa shape index (κ3) is 5.78. The summed E-state index contributed by atoms with van der Waals surface area (Å²) in [6.07, 6.45) is -2.96. The van der Waals surface area contributed by atoms with Crippen LogP contribution >= 0.6 is 0 Å². The fraction of sp³-hybridized carbons (Fsp3) is 0.200. The number of halogens is 3. The highest BCUT2D eigenvalue weighted by molar-refractivity contribution is 7.92. The number of phenolic OH excluding ortho intramolecular Hbond substituents is 1. The van der Waals surface area contributed by atoms with E-state index in [9.17, 15) is 26.7 Å². The molecule has 0 fully saturated rings. The predicted octanol–water partition coefficient (Wildman–Crippen LogP) is 3.95. The fourth-order valence-corrected chi connectivity index (χ4v) is 3.19. The van der Waals surface area contributed by atoms with E-state index in [1.807, 2.05) is 0 Å². The highest BCUT2D eigenvalue weighted by Crippen LogP contribution is 2.34. The summed E-state index contributed by atoms with van der Waals surface area (Å²) in [6.45, 7) is -0.0375. The van der Waals surface area contributed by atoms with Gasteiger partial charge in [0.2, 0.25) is 16.0 Å². The zero-order valence-corrected chi connectivity index (χ0v) is 17.9. The highest BCUT2D eigenvalue weighted by atomic mass is 32.2. The average Bonchev–Trinajstić information content (AvgIpc) is 2.72. The minimum Gasteiger partial charge on any atom is -0.508 e. The average molecular weight is 467 g/mol. The molecule has 0 amide bonds. The first-order chi connectivity index (χ1) is 14.9. The Labute approximate surface area is 182 Å². The lowest BCUT2D eigenvalue weighted by Crippen LogP contribution is -2.24. The van der Waals surface area contributed by atoms with Crippen LogP contribution in [0.5, 0.6) is 5.75 Å². The van der Waals surface area contributed by atoms with Gasteiger partial charge in [0.15, 0.2) is 0 Å². The molecule has 0 radical (unpaired) electrons. The summed E-state index contributed by atoms with van der Waals surface area (Å²) in [7, 11) is -2.10. The number of nitrogens with zero attached hydrogens (tertiary/aromatic N) is 3. The van der Waals surface area contributed by atoms with Crippen molar-refractivity contribution in [2.75, 3.05) is 28.2 Å². The Morgan fingerprint density at radius 2 is 1.81 bits per heavy atom. The summed E-state index contributed by atoms with van der Waals surface area (Å²) in [5.41, 5.74) is 0.362. The van der Waals surface area contributed by atoms with Crippen molar-refractivity contribution in [3.05, 3.63) is 65.9 Å². The van der Waals surface area contributed by atoms with Gasteiger partial charge in [-0.3, -0.25) is 4.31 Å². The van der Waals surface area contributed by atoms with Crippen LogP contribution in [0.15, 0.2) is 54.7 Å². The lowest BCUT2D eigenvalue weighted by atomic mass is 10.2. The molecule has 0 unspecified atom stereocenters. The molecule has 2 aromatic carbocycles. The van der Waals surface area contributed by atoms with E-state index in [2.05, 4.69) is 20.6 Å². The van der Waals surface area contributed by atoms with Crippen molar-refractivity contribution in [2.24, 2.45) is 0 Å². The molecule has 170 valence electrons. The van der Waals surface area contributed by atoms with Crippen molar-refractivity contribution in [2.45, 2.75) is 12.7 Å². The van der Waals surface area contributed by atoms with E-state index in [0.29, 0.717) is 23.1 Å². The molecule has 0 bridgehead atoms. The molecule has 0 saturated carbocycles. The Morgan fingerprint density at radius 3 is 2.44 bits per heavy atom. The molecule has 0 atom stereocenters. The van der Waals surface area contributed by atoms with Crippen molar-refractivity contribution in [3.63, 3.8) is 0 Å². The number of aromatic hydroxyl groups is 1. The van der Waals surface area contributed by atoms with Crippen LogP contribution in [0.3, 0.4) is 0 Å².